The Labute approximate surface area is 167 Å². The summed E-state index contributed by atoms with van der Waals surface area (Å²) in [5.74, 6) is 0. The predicted octanol–water partition coefficient (Wildman–Crippen LogP) is 6.64. The molecule has 26 heavy (non-hydrogen) atoms. The Morgan fingerprint density at radius 1 is 0.346 bits per heavy atom. The van der Waals surface area contributed by atoms with Gasteiger partial charge in [0.05, 0.1) is 41.3 Å². The second-order valence-corrected chi connectivity index (χ2v) is 10.0. The van der Waals surface area contributed by atoms with Crippen molar-refractivity contribution in [1.29, 1.82) is 0 Å². The molecule has 0 aromatic carbocycles. The molecule has 0 saturated carbocycles. The molecule has 0 radical (unpaired) electrons. The van der Waals surface area contributed by atoms with Crippen LogP contribution in [0.15, 0.2) is 0 Å². The van der Waals surface area contributed by atoms with E-state index >= 15 is 0 Å². The number of nitrogens with zero attached hydrogens (tertiary/aromatic N) is 2. The van der Waals surface area contributed by atoms with Gasteiger partial charge < -0.3 is 8.97 Å². The molecule has 0 rings (SSSR count). The van der Waals surface area contributed by atoms with Crippen LogP contribution in [0.1, 0.15) is 104 Å². The standard InChI is InChI=1S/C24H54N2/c1-7-9-11-13-15-16-18-20-22-26(5,6)24-23-25(3,4)21-19-17-14-12-10-8-2/h7-24H2,1-6H3/q+2. The minimum Gasteiger partial charge on any atom is -0.324 e. The van der Waals surface area contributed by atoms with Crippen LogP contribution in [-0.4, -0.2) is 63.3 Å². The Bertz CT molecular complexity index is 297. The molecule has 0 saturated heterocycles. The first kappa shape index (κ1) is 25.9. The summed E-state index contributed by atoms with van der Waals surface area (Å²) < 4.78 is 2.40. The molecule has 0 atom stereocenters. The maximum Gasteiger partial charge on any atom is 0.128 e. The fourth-order valence-electron chi connectivity index (χ4n) is 3.76. The van der Waals surface area contributed by atoms with Crippen molar-refractivity contribution in [3.05, 3.63) is 0 Å². The lowest BCUT2D eigenvalue weighted by molar-refractivity contribution is -0.946. The molecule has 0 fully saturated rings. The van der Waals surface area contributed by atoms with Crippen LogP contribution in [0.5, 0.6) is 0 Å². The normalized spacial score (nSPS) is 12.7. The summed E-state index contributed by atoms with van der Waals surface area (Å²) in [6.45, 7) is 9.94. The minimum absolute atomic E-state index is 1.20. The molecule has 158 valence electrons. The topological polar surface area (TPSA) is 0 Å². The lowest BCUT2D eigenvalue weighted by atomic mass is 10.1. The van der Waals surface area contributed by atoms with Crippen LogP contribution >= 0.6 is 0 Å². The summed E-state index contributed by atoms with van der Waals surface area (Å²) >= 11 is 0. The molecule has 2 heteroatoms. The van der Waals surface area contributed by atoms with Crippen molar-refractivity contribution in [1.82, 2.24) is 0 Å². The molecule has 0 aromatic rings. The summed E-state index contributed by atoms with van der Waals surface area (Å²) in [5, 5.41) is 0. The van der Waals surface area contributed by atoms with Crippen LogP contribution in [-0.2, 0) is 0 Å². The zero-order chi connectivity index (χ0) is 19.7. The van der Waals surface area contributed by atoms with E-state index in [1.807, 2.05) is 0 Å². The van der Waals surface area contributed by atoms with Crippen molar-refractivity contribution in [3.8, 4) is 0 Å². The molecule has 0 unspecified atom stereocenters. The highest BCUT2D eigenvalue weighted by Crippen LogP contribution is 2.12. The maximum absolute atomic E-state index is 2.44. The van der Waals surface area contributed by atoms with Crippen LogP contribution in [0.25, 0.3) is 0 Å². The zero-order valence-electron chi connectivity index (χ0n) is 19.6. The number of unbranched alkanes of at least 4 members (excludes halogenated alkanes) is 12. The molecule has 0 N–H and O–H groups in total. The lowest BCUT2D eigenvalue weighted by Gasteiger charge is -2.36. The fourth-order valence-corrected chi connectivity index (χ4v) is 3.76. The second kappa shape index (κ2) is 15.9. The molecule has 0 aliphatic heterocycles. The summed E-state index contributed by atoms with van der Waals surface area (Å²) in [6, 6.07) is 0. The molecule has 0 aromatic heterocycles. The van der Waals surface area contributed by atoms with E-state index in [1.165, 1.54) is 125 Å². The fraction of sp³-hybridized carbons (Fsp3) is 1.00. The van der Waals surface area contributed by atoms with E-state index in [2.05, 4.69) is 42.0 Å². The second-order valence-electron chi connectivity index (χ2n) is 10.0. The molecule has 0 amide bonds. The van der Waals surface area contributed by atoms with Gasteiger partial charge in [0.1, 0.15) is 13.1 Å². The SMILES string of the molecule is CCCCCCCCCC[N+](C)(C)CC[N+](C)(C)CCCCCCCC. The van der Waals surface area contributed by atoms with Gasteiger partial charge in [-0.3, -0.25) is 0 Å². The molecule has 0 aliphatic carbocycles. The highest BCUT2D eigenvalue weighted by atomic mass is 15.4. The molecular weight excluding hydrogens is 316 g/mol. The highest BCUT2D eigenvalue weighted by molar-refractivity contribution is 4.47. The van der Waals surface area contributed by atoms with E-state index in [1.54, 1.807) is 0 Å². The third-order valence-electron chi connectivity index (χ3n) is 6.04. The van der Waals surface area contributed by atoms with Gasteiger partial charge in [0.2, 0.25) is 0 Å². The third kappa shape index (κ3) is 17.3. The predicted molar refractivity (Wildman–Crippen MR) is 120 cm³/mol. The first-order chi connectivity index (χ1) is 12.3. The first-order valence-corrected chi connectivity index (χ1v) is 12.0. The molecule has 0 heterocycles. The maximum atomic E-state index is 2.44. The van der Waals surface area contributed by atoms with Crippen molar-refractivity contribution < 1.29 is 8.97 Å². The molecule has 0 spiro atoms. The largest absolute Gasteiger partial charge is 0.324 e. The smallest absolute Gasteiger partial charge is 0.128 e. The van der Waals surface area contributed by atoms with E-state index < -0.39 is 0 Å². The zero-order valence-corrected chi connectivity index (χ0v) is 19.6. The Hall–Kier alpha value is -0.0800. The average Bonchev–Trinajstić information content (AvgIpc) is 2.59. The number of rotatable bonds is 19. The molecule has 0 aliphatic rings. The van der Waals surface area contributed by atoms with Crippen LogP contribution in [0.4, 0.5) is 0 Å². The van der Waals surface area contributed by atoms with E-state index in [9.17, 15) is 0 Å². The average molecular weight is 371 g/mol. The van der Waals surface area contributed by atoms with Gasteiger partial charge >= 0.3 is 0 Å². The molecular formula is C24H54N2+2. The molecule has 0 bridgehead atoms. The summed E-state index contributed by atoms with van der Waals surface area (Å²) in [5.41, 5.74) is 0. The quantitative estimate of drug-likeness (QED) is 0.176. The van der Waals surface area contributed by atoms with E-state index in [0.29, 0.717) is 0 Å². The van der Waals surface area contributed by atoms with Crippen LogP contribution in [0.2, 0.25) is 0 Å². The van der Waals surface area contributed by atoms with Gasteiger partial charge in [-0.15, -0.1) is 0 Å². The summed E-state index contributed by atoms with van der Waals surface area (Å²) in [7, 11) is 9.74. The monoisotopic (exact) mass is 370 g/mol. The van der Waals surface area contributed by atoms with E-state index in [4.69, 9.17) is 0 Å². The molecule has 2 nitrogen and oxygen atoms in total. The van der Waals surface area contributed by atoms with Gasteiger partial charge in [0, 0.05) is 0 Å². The van der Waals surface area contributed by atoms with E-state index in [-0.39, 0.29) is 0 Å². The highest BCUT2D eigenvalue weighted by Gasteiger charge is 2.22. The number of hydrogen-bond acceptors (Lipinski definition) is 0. The Kier molecular flexibility index (Phi) is 15.9. The number of likely N-dealkylation sites (N-methyl/N-ethyl adjacent to an activating group) is 2. The number of hydrogen-bond donors (Lipinski definition) is 0. The van der Waals surface area contributed by atoms with Gasteiger partial charge in [-0.2, -0.15) is 0 Å². The third-order valence-corrected chi connectivity index (χ3v) is 6.04. The summed E-state index contributed by atoms with van der Waals surface area (Å²) in [6.07, 6.45) is 19.9. The minimum atomic E-state index is 1.20. The van der Waals surface area contributed by atoms with Crippen LogP contribution in [0.3, 0.4) is 0 Å². The van der Waals surface area contributed by atoms with E-state index in [0.717, 1.165) is 0 Å². The summed E-state index contributed by atoms with van der Waals surface area (Å²) in [4.78, 5) is 0. The van der Waals surface area contributed by atoms with Gasteiger partial charge in [-0.25, -0.2) is 0 Å². The Morgan fingerprint density at radius 2 is 0.615 bits per heavy atom. The Morgan fingerprint density at radius 3 is 0.923 bits per heavy atom. The van der Waals surface area contributed by atoms with Gasteiger partial charge in [0.25, 0.3) is 0 Å². The van der Waals surface area contributed by atoms with Gasteiger partial charge in [-0.05, 0) is 25.7 Å². The lowest BCUT2D eigenvalue weighted by Crippen LogP contribution is -2.51. The van der Waals surface area contributed by atoms with Gasteiger partial charge in [-0.1, -0.05) is 78.1 Å². The van der Waals surface area contributed by atoms with Crippen molar-refractivity contribution in [2.24, 2.45) is 0 Å². The van der Waals surface area contributed by atoms with Crippen LogP contribution < -0.4 is 0 Å². The van der Waals surface area contributed by atoms with Crippen molar-refractivity contribution in [2.75, 3.05) is 54.4 Å². The van der Waals surface area contributed by atoms with Crippen molar-refractivity contribution >= 4 is 0 Å². The van der Waals surface area contributed by atoms with Crippen molar-refractivity contribution in [2.45, 2.75) is 104 Å². The number of quaternary nitrogens is 2. The van der Waals surface area contributed by atoms with Crippen LogP contribution in [0, 0.1) is 0 Å². The van der Waals surface area contributed by atoms with Crippen molar-refractivity contribution in [3.63, 3.8) is 0 Å². The first-order valence-electron chi connectivity index (χ1n) is 12.0. The van der Waals surface area contributed by atoms with Gasteiger partial charge in [0.15, 0.2) is 0 Å². The Balaban J connectivity index is 3.71.